The topological polar surface area (TPSA) is 121 Å². The van der Waals surface area contributed by atoms with Gasteiger partial charge in [0.25, 0.3) is 11.1 Å². The first-order chi connectivity index (χ1) is 9.35. The zero-order chi connectivity index (χ0) is 15.3. The molecule has 2 atom stereocenters. The van der Waals surface area contributed by atoms with Crippen LogP contribution in [0.5, 0.6) is 0 Å². The smallest absolute Gasteiger partial charge is 0.326 e. The number of rotatable bonds is 6. The number of H-pyrrole nitrogens is 1. The summed E-state index contributed by atoms with van der Waals surface area (Å²) in [6.45, 7) is 3.08. The van der Waals surface area contributed by atoms with Gasteiger partial charge in [-0.2, -0.15) is 0 Å². The second-order valence-electron chi connectivity index (χ2n) is 4.50. The summed E-state index contributed by atoms with van der Waals surface area (Å²) < 4.78 is 0.827. The molecule has 3 N–H and O–H groups in total. The molecule has 1 aromatic rings. The highest BCUT2D eigenvalue weighted by molar-refractivity contribution is 5.83. The highest BCUT2D eigenvalue weighted by Crippen LogP contribution is 2.07. The first-order valence-corrected chi connectivity index (χ1v) is 6.17. The Morgan fingerprint density at radius 3 is 2.60 bits per heavy atom. The van der Waals surface area contributed by atoms with Gasteiger partial charge in [0.2, 0.25) is 5.91 Å². The third-order valence-corrected chi connectivity index (χ3v) is 2.99. The Hall–Kier alpha value is -2.38. The second-order valence-corrected chi connectivity index (χ2v) is 4.50. The summed E-state index contributed by atoms with van der Waals surface area (Å²) in [6.07, 6.45) is 0.583. The van der Waals surface area contributed by atoms with E-state index in [4.69, 9.17) is 5.11 Å². The lowest BCUT2D eigenvalue weighted by Gasteiger charge is -2.20. The van der Waals surface area contributed by atoms with Crippen molar-refractivity contribution in [2.24, 2.45) is 5.92 Å². The van der Waals surface area contributed by atoms with Gasteiger partial charge in [-0.05, 0) is 5.92 Å². The van der Waals surface area contributed by atoms with Crippen LogP contribution in [0.3, 0.4) is 0 Å². The van der Waals surface area contributed by atoms with Crippen molar-refractivity contribution in [3.63, 3.8) is 0 Å². The lowest BCUT2D eigenvalue weighted by Crippen LogP contribution is -2.47. The number of nitrogens with one attached hydrogen (secondary N) is 2. The molecule has 0 aliphatic heterocycles. The van der Waals surface area contributed by atoms with Gasteiger partial charge in [-0.1, -0.05) is 20.3 Å². The Morgan fingerprint density at radius 2 is 2.05 bits per heavy atom. The highest BCUT2D eigenvalue weighted by Gasteiger charge is 2.25. The van der Waals surface area contributed by atoms with Crippen molar-refractivity contribution in [1.29, 1.82) is 0 Å². The minimum atomic E-state index is -1.14. The van der Waals surface area contributed by atoms with Crippen LogP contribution in [0.1, 0.15) is 20.3 Å². The van der Waals surface area contributed by atoms with Crippen molar-refractivity contribution in [3.05, 3.63) is 32.8 Å². The molecule has 110 valence electrons. The minimum absolute atomic E-state index is 0.247. The van der Waals surface area contributed by atoms with Crippen LogP contribution in [0.2, 0.25) is 0 Å². The van der Waals surface area contributed by atoms with Crippen molar-refractivity contribution in [2.45, 2.75) is 32.9 Å². The summed E-state index contributed by atoms with van der Waals surface area (Å²) in [7, 11) is 0. The van der Waals surface area contributed by atoms with E-state index in [1.54, 1.807) is 6.92 Å². The molecule has 1 aromatic heterocycles. The molecular formula is C12H17N3O5. The van der Waals surface area contributed by atoms with E-state index in [2.05, 4.69) is 10.4 Å². The molecule has 0 saturated heterocycles. The Labute approximate surface area is 114 Å². The molecule has 0 spiro atoms. The number of carbonyl (C=O) groups is 2. The second kappa shape index (κ2) is 6.69. The predicted octanol–water partition coefficient (Wildman–Crippen LogP) is -0.848. The van der Waals surface area contributed by atoms with Crippen LogP contribution >= 0.6 is 0 Å². The Morgan fingerprint density at radius 1 is 1.40 bits per heavy atom. The number of carboxylic acids is 1. The zero-order valence-electron chi connectivity index (χ0n) is 11.3. The number of hydrogen-bond acceptors (Lipinski definition) is 4. The molecule has 0 aliphatic rings. The van der Waals surface area contributed by atoms with Crippen molar-refractivity contribution < 1.29 is 14.7 Å². The number of carboxylic acid groups (broad SMARTS) is 1. The van der Waals surface area contributed by atoms with E-state index in [0.717, 1.165) is 16.8 Å². The molecule has 0 aromatic carbocycles. The molecular weight excluding hydrogens is 266 g/mol. The van der Waals surface area contributed by atoms with Gasteiger partial charge in [0.1, 0.15) is 12.6 Å². The number of aromatic nitrogens is 2. The van der Waals surface area contributed by atoms with E-state index in [1.807, 2.05) is 6.92 Å². The van der Waals surface area contributed by atoms with E-state index in [9.17, 15) is 19.2 Å². The number of aromatic amines is 1. The molecule has 8 heteroatoms. The van der Waals surface area contributed by atoms with Gasteiger partial charge in [-0.15, -0.1) is 0 Å². The fraction of sp³-hybridized carbons (Fsp3) is 0.500. The summed E-state index contributed by atoms with van der Waals surface area (Å²) in [5.74, 6) is -2.04. The summed E-state index contributed by atoms with van der Waals surface area (Å²) in [4.78, 5) is 45.3. The van der Waals surface area contributed by atoms with Crippen LogP contribution in [0.25, 0.3) is 0 Å². The van der Waals surface area contributed by atoms with E-state index in [1.165, 1.54) is 0 Å². The van der Waals surface area contributed by atoms with E-state index in [-0.39, 0.29) is 5.92 Å². The first-order valence-electron chi connectivity index (χ1n) is 6.17. The van der Waals surface area contributed by atoms with Gasteiger partial charge in [0.05, 0.1) is 0 Å². The van der Waals surface area contributed by atoms with Crippen LogP contribution in [0.15, 0.2) is 21.7 Å². The van der Waals surface area contributed by atoms with Crippen LogP contribution in [-0.4, -0.2) is 32.8 Å². The van der Waals surface area contributed by atoms with Crippen LogP contribution in [0, 0.1) is 5.92 Å². The Balaban J connectivity index is 2.81. The molecule has 8 nitrogen and oxygen atoms in total. The molecule has 0 radical (unpaired) electrons. The van der Waals surface area contributed by atoms with Gasteiger partial charge in [-0.25, -0.2) is 9.48 Å². The molecule has 1 rings (SSSR count). The molecule has 1 heterocycles. The maximum Gasteiger partial charge on any atom is 0.326 e. The molecule has 1 unspecified atom stereocenters. The van der Waals surface area contributed by atoms with Gasteiger partial charge in [-0.3, -0.25) is 19.5 Å². The Kier molecular flexibility index (Phi) is 5.24. The SMILES string of the molecule is CCC(C)[C@H](NC(=O)Cn1[nH]c(=O)ccc1=O)C(=O)O. The molecule has 0 fully saturated rings. The van der Waals surface area contributed by atoms with Crippen molar-refractivity contribution in [2.75, 3.05) is 0 Å². The average molecular weight is 283 g/mol. The summed E-state index contributed by atoms with van der Waals surface area (Å²) in [6, 6.07) is 1.06. The largest absolute Gasteiger partial charge is 0.480 e. The van der Waals surface area contributed by atoms with Crippen LogP contribution in [-0.2, 0) is 16.1 Å². The molecule has 0 saturated carbocycles. The number of carbonyl (C=O) groups excluding carboxylic acids is 1. The fourth-order valence-corrected chi connectivity index (χ4v) is 1.63. The minimum Gasteiger partial charge on any atom is -0.480 e. The maximum absolute atomic E-state index is 11.8. The fourth-order valence-electron chi connectivity index (χ4n) is 1.63. The van der Waals surface area contributed by atoms with E-state index < -0.39 is 35.6 Å². The number of nitrogens with zero attached hydrogens (tertiary/aromatic N) is 1. The number of amides is 1. The molecule has 1 amide bonds. The average Bonchev–Trinajstić information content (AvgIpc) is 2.39. The number of hydrogen-bond donors (Lipinski definition) is 3. The third-order valence-electron chi connectivity index (χ3n) is 2.99. The van der Waals surface area contributed by atoms with Gasteiger partial charge in [0.15, 0.2) is 0 Å². The zero-order valence-corrected chi connectivity index (χ0v) is 11.3. The van der Waals surface area contributed by atoms with Gasteiger partial charge < -0.3 is 10.4 Å². The third kappa shape index (κ3) is 4.08. The summed E-state index contributed by atoms with van der Waals surface area (Å²) >= 11 is 0. The lowest BCUT2D eigenvalue weighted by molar-refractivity contribution is -0.143. The van der Waals surface area contributed by atoms with Crippen molar-refractivity contribution in [1.82, 2.24) is 15.1 Å². The van der Waals surface area contributed by atoms with Crippen molar-refractivity contribution >= 4 is 11.9 Å². The summed E-state index contributed by atoms with van der Waals surface area (Å²) in [5.41, 5.74) is -1.07. The summed E-state index contributed by atoms with van der Waals surface area (Å²) in [5, 5.41) is 13.6. The van der Waals surface area contributed by atoms with Crippen LogP contribution < -0.4 is 16.4 Å². The van der Waals surface area contributed by atoms with Crippen LogP contribution in [0.4, 0.5) is 0 Å². The molecule has 0 bridgehead atoms. The normalized spacial score (nSPS) is 13.5. The quantitative estimate of drug-likeness (QED) is 0.628. The predicted molar refractivity (Wildman–Crippen MR) is 70.3 cm³/mol. The highest BCUT2D eigenvalue weighted by atomic mass is 16.4. The molecule has 0 aliphatic carbocycles. The Bertz CT molecular complexity index is 604. The molecule has 20 heavy (non-hydrogen) atoms. The first kappa shape index (κ1) is 15.7. The van der Waals surface area contributed by atoms with Gasteiger partial charge >= 0.3 is 5.97 Å². The standard InChI is InChI=1S/C12H17N3O5/c1-3-7(2)11(12(19)20)13-9(17)6-15-10(18)5-4-8(16)14-15/h4-5,7,11H,3,6H2,1-2H3,(H,13,17)(H,14,16)(H,19,20)/t7?,11-/m0/s1. The number of aliphatic carboxylic acids is 1. The van der Waals surface area contributed by atoms with E-state index in [0.29, 0.717) is 6.42 Å². The maximum atomic E-state index is 11.8. The lowest BCUT2D eigenvalue weighted by atomic mass is 9.99. The monoisotopic (exact) mass is 283 g/mol. The van der Waals surface area contributed by atoms with Gasteiger partial charge in [0, 0.05) is 12.1 Å². The van der Waals surface area contributed by atoms with E-state index >= 15 is 0 Å². The van der Waals surface area contributed by atoms with Crippen molar-refractivity contribution in [3.8, 4) is 0 Å².